The molecular formula is C17H18N2O3. The van der Waals surface area contributed by atoms with Gasteiger partial charge in [0.05, 0.1) is 11.8 Å². The highest BCUT2D eigenvalue weighted by Crippen LogP contribution is 2.40. The van der Waals surface area contributed by atoms with Crippen LogP contribution in [0.5, 0.6) is 0 Å². The smallest absolute Gasteiger partial charge is 0.411 e. The molecule has 1 atom stereocenters. The van der Waals surface area contributed by atoms with Crippen molar-refractivity contribution in [1.82, 2.24) is 4.98 Å². The lowest BCUT2D eigenvalue weighted by Gasteiger charge is -2.11. The SMILES string of the molecule is O=C(Nc1ccnc(C(O)C2CC2)c1)OCc1ccccc1. The molecule has 1 heterocycles. The van der Waals surface area contributed by atoms with Gasteiger partial charge in [0.15, 0.2) is 0 Å². The summed E-state index contributed by atoms with van der Waals surface area (Å²) in [6, 6.07) is 12.8. The molecule has 1 amide bonds. The van der Waals surface area contributed by atoms with Crippen molar-refractivity contribution in [1.29, 1.82) is 0 Å². The molecule has 1 aliphatic carbocycles. The predicted molar refractivity (Wildman–Crippen MR) is 82.2 cm³/mol. The highest BCUT2D eigenvalue weighted by Gasteiger charge is 2.31. The van der Waals surface area contributed by atoms with Gasteiger partial charge >= 0.3 is 6.09 Å². The second-order valence-corrected chi connectivity index (χ2v) is 5.44. The number of anilines is 1. The Balaban J connectivity index is 1.55. The number of aliphatic hydroxyl groups excluding tert-OH is 1. The summed E-state index contributed by atoms with van der Waals surface area (Å²) in [5, 5.41) is 12.7. The molecule has 0 radical (unpaired) electrons. The van der Waals surface area contributed by atoms with Gasteiger partial charge < -0.3 is 9.84 Å². The highest BCUT2D eigenvalue weighted by atomic mass is 16.5. The van der Waals surface area contributed by atoms with Crippen LogP contribution < -0.4 is 5.32 Å². The highest BCUT2D eigenvalue weighted by molar-refractivity contribution is 5.84. The molecule has 5 nitrogen and oxygen atoms in total. The van der Waals surface area contributed by atoms with Gasteiger partial charge in [0, 0.05) is 11.9 Å². The van der Waals surface area contributed by atoms with Crippen LogP contribution in [0.1, 0.15) is 30.2 Å². The summed E-state index contributed by atoms with van der Waals surface area (Å²) in [5.74, 6) is 0.299. The number of nitrogens with zero attached hydrogens (tertiary/aromatic N) is 1. The van der Waals surface area contributed by atoms with Gasteiger partial charge in [-0.15, -0.1) is 0 Å². The number of amides is 1. The molecule has 0 aliphatic heterocycles. The van der Waals surface area contributed by atoms with E-state index >= 15 is 0 Å². The molecular weight excluding hydrogens is 280 g/mol. The van der Waals surface area contributed by atoms with Crippen molar-refractivity contribution in [2.45, 2.75) is 25.6 Å². The van der Waals surface area contributed by atoms with E-state index in [9.17, 15) is 9.90 Å². The van der Waals surface area contributed by atoms with E-state index in [1.807, 2.05) is 30.3 Å². The first-order valence-corrected chi connectivity index (χ1v) is 7.34. The number of hydrogen-bond donors (Lipinski definition) is 2. The zero-order valence-corrected chi connectivity index (χ0v) is 12.1. The van der Waals surface area contributed by atoms with E-state index in [4.69, 9.17) is 4.74 Å². The standard InChI is InChI=1S/C17H18N2O3/c20-16(13-6-7-13)15-10-14(8-9-18-15)19-17(21)22-11-12-4-2-1-3-5-12/h1-5,8-10,13,16,20H,6-7,11H2,(H,18,19,21). The quantitative estimate of drug-likeness (QED) is 0.888. The summed E-state index contributed by atoms with van der Waals surface area (Å²) in [5.41, 5.74) is 2.09. The van der Waals surface area contributed by atoms with Crippen LogP contribution in [0.25, 0.3) is 0 Å². The minimum absolute atomic E-state index is 0.218. The Kier molecular flexibility index (Phi) is 4.34. The summed E-state index contributed by atoms with van der Waals surface area (Å²) in [6.07, 6.45) is 2.55. The van der Waals surface area contributed by atoms with Crippen LogP contribution >= 0.6 is 0 Å². The van der Waals surface area contributed by atoms with E-state index in [2.05, 4.69) is 10.3 Å². The summed E-state index contributed by atoms with van der Waals surface area (Å²) >= 11 is 0. The number of carbonyl (C=O) groups is 1. The monoisotopic (exact) mass is 298 g/mol. The molecule has 2 N–H and O–H groups in total. The molecule has 1 saturated carbocycles. The minimum atomic E-state index is -0.554. The molecule has 0 bridgehead atoms. The van der Waals surface area contributed by atoms with Crippen LogP contribution in [0.4, 0.5) is 10.5 Å². The molecule has 1 fully saturated rings. The number of ether oxygens (including phenoxy) is 1. The zero-order chi connectivity index (χ0) is 15.4. The Hall–Kier alpha value is -2.40. The summed E-state index contributed by atoms with van der Waals surface area (Å²) in [6.45, 7) is 0.218. The molecule has 0 spiro atoms. The fourth-order valence-electron chi connectivity index (χ4n) is 2.22. The number of rotatable bonds is 5. The van der Waals surface area contributed by atoms with Gasteiger partial charge in [-0.05, 0) is 36.5 Å². The minimum Gasteiger partial charge on any atom is -0.444 e. The van der Waals surface area contributed by atoms with Crippen LogP contribution in [0.3, 0.4) is 0 Å². The van der Waals surface area contributed by atoms with Gasteiger partial charge in [-0.1, -0.05) is 30.3 Å². The van der Waals surface area contributed by atoms with Crippen LogP contribution in [0.15, 0.2) is 48.7 Å². The Morgan fingerprint density at radius 1 is 1.32 bits per heavy atom. The molecule has 5 heteroatoms. The van der Waals surface area contributed by atoms with Crippen LogP contribution in [0, 0.1) is 5.92 Å². The number of nitrogens with one attached hydrogen (secondary N) is 1. The largest absolute Gasteiger partial charge is 0.444 e. The molecule has 1 aromatic heterocycles. The lowest BCUT2D eigenvalue weighted by molar-refractivity contribution is 0.149. The van der Waals surface area contributed by atoms with Crippen LogP contribution in [-0.2, 0) is 11.3 Å². The Labute approximate surface area is 129 Å². The average molecular weight is 298 g/mol. The van der Waals surface area contributed by atoms with Crippen molar-refractivity contribution < 1.29 is 14.6 Å². The second-order valence-electron chi connectivity index (χ2n) is 5.44. The van der Waals surface area contributed by atoms with Crippen LogP contribution in [-0.4, -0.2) is 16.2 Å². The maximum atomic E-state index is 11.8. The third-order valence-electron chi connectivity index (χ3n) is 3.61. The first kappa shape index (κ1) is 14.5. The van der Waals surface area contributed by atoms with E-state index < -0.39 is 12.2 Å². The van der Waals surface area contributed by atoms with E-state index in [0.29, 0.717) is 17.3 Å². The number of benzene rings is 1. The predicted octanol–water partition coefficient (Wildman–Crippen LogP) is 3.27. The lowest BCUT2D eigenvalue weighted by atomic mass is 10.1. The molecule has 0 saturated heterocycles. The van der Waals surface area contributed by atoms with Gasteiger partial charge in [-0.3, -0.25) is 10.3 Å². The number of aliphatic hydroxyl groups is 1. The lowest BCUT2D eigenvalue weighted by Crippen LogP contribution is -2.14. The molecule has 1 unspecified atom stereocenters. The van der Waals surface area contributed by atoms with Gasteiger partial charge in [-0.2, -0.15) is 0 Å². The zero-order valence-electron chi connectivity index (χ0n) is 12.1. The maximum Gasteiger partial charge on any atom is 0.411 e. The topological polar surface area (TPSA) is 71.5 Å². The van der Waals surface area contributed by atoms with Crippen molar-refractivity contribution in [3.8, 4) is 0 Å². The van der Waals surface area contributed by atoms with E-state index in [-0.39, 0.29) is 6.61 Å². The molecule has 2 aromatic rings. The van der Waals surface area contributed by atoms with Crippen molar-refractivity contribution in [3.63, 3.8) is 0 Å². The number of carbonyl (C=O) groups excluding carboxylic acids is 1. The summed E-state index contributed by atoms with van der Waals surface area (Å²) < 4.78 is 5.16. The fraction of sp³-hybridized carbons (Fsp3) is 0.294. The molecule has 114 valence electrons. The Morgan fingerprint density at radius 3 is 2.82 bits per heavy atom. The van der Waals surface area contributed by atoms with E-state index in [0.717, 1.165) is 18.4 Å². The Morgan fingerprint density at radius 2 is 2.09 bits per heavy atom. The van der Waals surface area contributed by atoms with Gasteiger partial charge in [0.25, 0.3) is 0 Å². The average Bonchev–Trinajstić information content (AvgIpc) is 3.38. The fourth-order valence-corrected chi connectivity index (χ4v) is 2.22. The van der Waals surface area contributed by atoms with Crippen LogP contribution in [0.2, 0.25) is 0 Å². The normalized spacial score (nSPS) is 15.1. The van der Waals surface area contributed by atoms with Gasteiger partial charge in [0.2, 0.25) is 0 Å². The summed E-state index contributed by atoms with van der Waals surface area (Å²) in [4.78, 5) is 16.0. The molecule has 1 aromatic carbocycles. The van der Waals surface area contributed by atoms with Crippen molar-refractivity contribution >= 4 is 11.8 Å². The number of aromatic nitrogens is 1. The van der Waals surface area contributed by atoms with E-state index in [1.165, 1.54) is 0 Å². The molecule has 22 heavy (non-hydrogen) atoms. The van der Waals surface area contributed by atoms with E-state index in [1.54, 1.807) is 18.3 Å². The van der Waals surface area contributed by atoms with Crippen molar-refractivity contribution in [3.05, 3.63) is 59.9 Å². The van der Waals surface area contributed by atoms with Gasteiger partial charge in [-0.25, -0.2) is 4.79 Å². The third-order valence-corrected chi connectivity index (χ3v) is 3.61. The third kappa shape index (κ3) is 3.83. The summed E-state index contributed by atoms with van der Waals surface area (Å²) in [7, 11) is 0. The maximum absolute atomic E-state index is 11.8. The van der Waals surface area contributed by atoms with Gasteiger partial charge in [0.1, 0.15) is 6.61 Å². The molecule has 3 rings (SSSR count). The van der Waals surface area contributed by atoms with Crippen molar-refractivity contribution in [2.24, 2.45) is 5.92 Å². The molecule has 1 aliphatic rings. The number of pyridine rings is 1. The number of hydrogen-bond acceptors (Lipinski definition) is 4. The first-order valence-electron chi connectivity index (χ1n) is 7.34. The Bertz CT molecular complexity index is 641. The first-order chi connectivity index (χ1) is 10.7. The van der Waals surface area contributed by atoms with Crippen molar-refractivity contribution in [2.75, 3.05) is 5.32 Å². The second kappa shape index (κ2) is 6.58.